The van der Waals surface area contributed by atoms with E-state index in [1.165, 1.54) is 6.92 Å². The number of azide groups is 1. The first-order valence-electron chi connectivity index (χ1n) is 5.01. The number of Topliss-reactive ketones (excluding diaryl/α,β-unsaturated/α-hetero) is 1. The average Bonchev–Trinajstić information content (AvgIpc) is 2.29. The van der Waals surface area contributed by atoms with Crippen molar-refractivity contribution in [1.29, 1.82) is 0 Å². The molecule has 0 saturated heterocycles. The number of carbonyl (C=O) groups is 1. The van der Waals surface area contributed by atoms with Crippen molar-refractivity contribution in [3.8, 4) is 0 Å². The van der Waals surface area contributed by atoms with Crippen LogP contribution in [0.1, 0.15) is 18.9 Å². The third-order valence-corrected chi connectivity index (χ3v) is 2.14. The highest BCUT2D eigenvalue weighted by Crippen LogP contribution is 2.11. The molecule has 0 spiro atoms. The summed E-state index contributed by atoms with van der Waals surface area (Å²) in [5.74, 6) is 0.0111. The average molecular weight is 215 g/mol. The van der Waals surface area contributed by atoms with Crippen LogP contribution in [0.5, 0.6) is 0 Å². The van der Waals surface area contributed by atoms with Gasteiger partial charge in [0.15, 0.2) is 5.78 Å². The van der Waals surface area contributed by atoms with Gasteiger partial charge in [0.1, 0.15) is 0 Å². The van der Waals surface area contributed by atoms with Crippen molar-refractivity contribution in [2.75, 3.05) is 6.54 Å². The summed E-state index contributed by atoms with van der Waals surface area (Å²) in [4.78, 5) is 14.0. The summed E-state index contributed by atoms with van der Waals surface area (Å²) in [7, 11) is 0. The summed E-state index contributed by atoms with van der Waals surface area (Å²) in [5.41, 5.74) is 9.82. The molecule has 0 aliphatic carbocycles. The Labute approximate surface area is 94.2 Å². The van der Waals surface area contributed by atoms with E-state index in [2.05, 4.69) is 10.0 Å². The lowest BCUT2D eigenvalue weighted by molar-refractivity contribution is -0.113. The molecule has 4 nitrogen and oxygen atoms in total. The molecule has 0 aromatic heterocycles. The van der Waals surface area contributed by atoms with E-state index in [4.69, 9.17) is 5.53 Å². The molecule has 16 heavy (non-hydrogen) atoms. The molecule has 4 heteroatoms. The predicted octanol–water partition coefficient (Wildman–Crippen LogP) is 3.36. The summed E-state index contributed by atoms with van der Waals surface area (Å²) in [6.07, 6.45) is 2.31. The van der Waals surface area contributed by atoms with E-state index in [1.807, 2.05) is 36.4 Å². The highest BCUT2D eigenvalue weighted by atomic mass is 16.1. The minimum Gasteiger partial charge on any atom is -0.295 e. The summed E-state index contributed by atoms with van der Waals surface area (Å²) < 4.78 is 0. The van der Waals surface area contributed by atoms with Gasteiger partial charge in [0, 0.05) is 11.5 Å². The predicted molar refractivity (Wildman–Crippen MR) is 63.7 cm³/mol. The molecule has 0 bridgehead atoms. The Morgan fingerprint density at radius 2 is 2.12 bits per heavy atom. The second kappa shape index (κ2) is 6.43. The zero-order valence-electron chi connectivity index (χ0n) is 9.13. The van der Waals surface area contributed by atoms with E-state index in [1.54, 1.807) is 0 Å². The van der Waals surface area contributed by atoms with Gasteiger partial charge in [0.25, 0.3) is 0 Å². The van der Waals surface area contributed by atoms with Gasteiger partial charge in [-0.15, -0.1) is 0 Å². The Morgan fingerprint density at radius 3 is 2.69 bits per heavy atom. The molecule has 82 valence electrons. The van der Waals surface area contributed by atoms with Crippen LogP contribution in [0.2, 0.25) is 0 Å². The van der Waals surface area contributed by atoms with Crippen LogP contribution in [-0.4, -0.2) is 12.3 Å². The van der Waals surface area contributed by atoms with E-state index < -0.39 is 0 Å². The van der Waals surface area contributed by atoms with Crippen LogP contribution < -0.4 is 0 Å². The minimum absolute atomic E-state index is 0.0111. The maximum absolute atomic E-state index is 11.3. The first-order valence-corrected chi connectivity index (χ1v) is 5.01. The van der Waals surface area contributed by atoms with Gasteiger partial charge in [-0.1, -0.05) is 35.4 Å². The van der Waals surface area contributed by atoms with Crippen molar-refractivity contribution in [3.05, 3.63) is 51.9 Å². The van der Waals surface area contributed by atoms with Crippen molar-refractivity contribution in [2.45, 2.75) is 13.3 Å². The van der Waals surface area contributed by atoms with Gasteiger partial charge < -0.3 is 0 Å². The number of benzene rings is 1. The molecule has 1 rings (SSSR count). The van der Waals surface area contributed by atoms with Crippen molar-refractivity contribution in [3.63, 3.8) is 0 Å². The van der Waals surface area contributed by atoms with Gasteiger partial charge >= 0.3 is 0 Å². The number of nitrogens with zero attached hydrogens (tertiary/aromatic N) is 3. The van der Waals surface area contributed by atoms with Crippen molar-refractivity contribution in [2.24, 2.45) is 5.11 Å². The first-order chi connectivity index (χ1) is 7.74. The Morgan fingerprint density at radius 1 is 1.44 bits per heavy atom. The number of hydrogen-bond acceptors (Lipinski definition) is 2. The lowest BCUT2D eigenvalue weighted by Crippen LogP contribution is -1.98. The van der Waals surface area contributed by atoms with Crippen LogP contribution in [0.15, 0.2) is 41.0 Å². The molecule has 0 atom stereocenters. The third kappa shape index (κ3) is 3.98. The maximum Gasteiger partial charge on any atom is 0.155 e. The van der Waals surface area contributed by atoms with E-state index >= 15 is 0 Å². The van der Waals surface area contributed by atoms with E-state index in [-0.39, 0.29) is 5.78 Å². The maximum atomic E-state index is 11.3. The Kier molecular flexibility index (Phi) is 4.83. The number of carbonyl (C=O) groups excluding carboxylic acids is 1. The molecule has 0 aliphatic heterocycles. The standard InChI is InChI=1S/C12H13N3O/c1-10(16)12(7-8-14-15-13)9-11-5-3-2-4-6-11/h2-6,9H,7-8H2,1H3/b12-9-. The molecular formula is C12H13N3O. The zero-order valence-corrected chi connectivity index (χ0v) is 9.13. The van der Waals surface area contributed by atoms with Crippen LogP contribution in [0.4, 0.5) is 0 Å². The van der Waals surface area contributed by atoms with Gasteiger partial charge in [-0.25, -0.2) is 0 Å². The van der Waals surface area contributed by atoms with Crippen molar-refractivity contribution < 1.29 is 4.79 Å². The van der Waals surface area contributed by atoms with E-state index in [0.29, 0.717) is 18.5 Å². The molecular weight excluding hydrogens is 202 g/mol. The monoisotopic (exact) mass is 215 g/mol. The minimum atomic E-state index is 0.0111. The van der Waals surface area contributed by atoms with Gasteiger partial charge in [0.05, 0.1) is 0 Å². The summed E-state index contributed by atoms with van der Waals surface area (Å²) >= 11 is 0. The van der Waals surface area contributed by atoms with E-state index in [0.717, 1.165) is 5.56 Å². The molecule has 0 fully saturated rings. The van der Waals surface area contributed by atoms with Gasteiger partial charge in [-0.05, 0) is 36.1 Å². The lowest BCUT2D eigenvalue weighted by atomic mass is 10.1. The van der Waals surface area contributed by atoms with Crippen LogP contribution in [-0.2, 0) is 4.79 Å². The molecule has 0 N–H and O–H groups in total. The highest BCUT2D eigenvalue weighted by molar-refractivity contribution is 5.97. The highest BCUT2D eigenvalue weighted by Gasteiger charge is 2.02. The zero-order chi connectivity index (χ0) is 11.8. The first kappa shape index (κ1) is 12.0. The van der Waals surface area contributed by atoms with Crippen LogP contribution in [0.3, 0.4) is 0 Å². The van der Waals surface area contributed by atoms with Crippen LogP contribution in [0.25, 0.3) is 16.5 Å². The molecule has 0 heterocycles. The van der Waals surface area contributed by atoms with E-state index in [9.17, 15) is 4.79 Å². The van der Waals surface area contributed by atoms with Gasteiger partial charge in [-0.2, -0.15) is 0 Å². The fourth-order valence-electron chi connectivity index (χ4n) is 1.32. The molecule has 0 saturated carbocycles. The van der Waals surface area contributed by atoms with Crippen molar-refractivity contribution >= 4 is 11.9 Å². The quantitative estimate of drug-likeness (QED) is 0.321. The fourth-order valence-corrected chi connectivity index (χ4v) is 1.32. The second-order valence-corrected chi connectivity index (χ2v) is 3.34. The summed E-state index contributed by atoms with van der Waals surface area (Å²) in [6.45, 7) is 1.83. The lowest BCUT2D eigenvalue weighted by Gasteiger charge is -2.01. The van der Waals surface area contributed by atoms with Crippen molar-refractivity contribution in [1.82, 2.24) is 0 Å². The molecule has 0 aliphatic rings. The number of hydrogen-bond donors (Lipinski definition) is 0. The topological polar surface area (TPSA) is 65.8 Å². The second-order valence-electron chi connectivity index (χ2n) is 3.34. The number of rotatable bonds is 5. The molecule has 0 radical (unpaired) electrons. The molecule has 0 amide bonds. The third-order valence-electron chi connectivity index (χ3n) is 2.14. The van der Waals surface area contributed by atoms with Gasteiger partial charge in [-0.3, -0.25) is 4.79 Å². The summed E-state index contributed by atoms with van der Waals surface area (Å²) in [5, 5.41) is 3.42. The molecule has 1 aromatic carbocycles. The number of ketones is 1. The Bertz CT molecular complexity index is 431. The Hall–Kier alpha value is -2.06. The SMILES string of the molecule is CC(=O)/C(=C\c1ccccc1)CCN=[N+]=[N-]. The largest absolute Gasteiger partial charge is 0.295 e. The normalized spacial score (nSPS) is 10.7. The van der Waals surface area contributed by atoms with Crippen LogP contribution >= 0.6 is 0 Å². The van der Waals surface area contributed by atoms with Crippen LogP contribution in [0, 0.1) is 0 Å². The smallest absolute Gasteiger partial charge is 0.155 e. The molecule has 0 unspecified atom stereocenters. The Balaban J connectivity index is 2.81. The van der Waals surface area contributed by atoms with Gasteiger partial charge in [0.2, 0.25) is 0 Å². The fraction of sp³-hybridized carbons (Fsp3) is 0.250. The summed E-state index contributed by atoms with van der Waals surface area (Å²) in [6, 6.07) is 9.60. The molecule has 1 aromatic rings.